The van der Waals surface area contributed by atoms with Crippen molar-refractivity contribution < 1.29 is 9.90 Å². The zero-order valence-electron chi connectivity index (χ0n) is 9.15. The number of benzene rings is 2. The van der Waals surface area contributed by atoms with Gasteiger partial charge >= 0.3 is 0 Å². The van der Waals surface area contributed by atoms with Gasteiger partial charge in [-0.15, -0.1) is 0 Å². The number of phenols is 1. The lowest BCUT2D eigenvalue weighted by Crippen LogP contribution is -2.11. The normalized spacial score (nSPS) is 10.1. The first kappa shape index (κ1) is 13.2. The van der Waals surface area contributed by atoms with Crippen molar-refractivity contribution >= 4 is 45.8 Å². The highest BCUT2D eigenvalue weighted by Gasteiger charge is 2.08. The van der Waals surface area contributed by atoms with Crippen LogP contribution >= 0.6 is 34.2 Å². The van der Waals surface area contributed by atoms with Crippen LogP contribution in [-0.4, -0.2) is 11.0 Å². The molecule has 0 aliphatic heterocycles. The van der Waals surface area contributed by atoms with Gasteiger partial charge in [0.1, 0.15) is 5.75 Å². The van der Waals surface area contributed by atoms with Crippen molar-refractivity contribution in [2.75, 3.05) is 5.32 Å². The number of hydrogen-bond donors (Lipinski definition) is 2. The van der Waals surface area contributed by atoms with Gasteiger partial charge in [-0.3, -0.25) is 4.79 Å². The Labute approximate surface area is 123 Å². The van der Waals surface area contributed by atoms with Crippen LogP contribution in [0.2, 0.25) is 5.02 Å². The summed E-state index contributed by atoms with van der Waals surface area (Å²) in [6.45, 7) is 0. The smallest absolute Gasteiger partial charge is 0.255 e. The number of carbonyl (C=O) groups is 1. The van der Waals surface area contributed by atoms with E-state index in [1.54, 1.807) is 36.4 Å². The Morgan fingerprint density at radius 1 is 1.22 bits per heavy atom. The van der Waals surface area contributed by atoms with Gasteiger partial charge in [0.05, 0.1) is 3.57 Å². The molecule has 0 spiro atoms. The highest BCUT2D eigenvalue weighted by atomic mass is 127. The van der Waals surface area contributed by atoms with Crippen LogP contribution in [0.3, 0.4) is 0 Å². The number of rotatable bonds is 2. The molecular weight excluding hydrogens is 365 g/mol. The predicted octanol–water partition coefficient (Wildman–Crippen LogP) is 3.90. The van der Waals surface area contributed by atoms with Crippen LogP contribution < -0.4 is 5.32 Å². The Morgan fingerprint density at radius 3 is 2.67 bits per heavy atom. The molecule has 5 heteroatoms. The molecule has 0 aliphatic carbocycles. The quantitative estimate of drug-likeness (QED) is 0.784. The van der Waals surface area contributed by atoms with E-state index in [4.69, 9.17) is 11.6 Å². The number of carbonyl (C=O) groups excluding carboxylic acids is 1. The van der Waals surface area contributed by atoms with Crippen LogP contribution in [0, 0.1) is 3.57 Å². The van der Waals surface area contributed by atoms with Crippen LogP contribution in [0.5, 0.6) is 5.75 Å². The summed E-state index contributed by atoms with van der Waals surface area (Å²) in [6.07, 6.45) is 0. The maximum atomic E-state index is 11.9. The van der Waals surface area contributed by atoms with Crippen molar-refractivity contribution in [2.24, 2.45) is 0 Å². The molecule has 92 valence electrons. The average Bonchev–Trinajstić information content (AvgIpc) is 2.32. The lowest BCUT2D eigenvalue weighted by Gasteiger charge is -2.06. The zero-order valence-corrected chi connectivity index (χ0v) is 12.1. The number of phenolic OH excluding ortho intramolecular Hbond substituents is 1. The number of anilines is 1. The fourth-order valence-electron chi connectivity index (χ4n) is 1.42. The molecule has 0 aromatic heterocycles. The molecule has 0 fully saturated rings. The van der Waals surface area contributed by atoms with Gasteiger partial charge in [-0.1, -0.05) is 17.7 Å². The van der Waals surface area contributed by atoms with Gasteiger partial charge in [-0.25, -0.2) is 0 Å². The van der Waals surface area contributed by atoms with E-state index in [0.717, 1.165) is 0 Å². The molecule has 0 saturated carbocycles. The fraction of sp³-hybridized carbons (Fsp3) is 0. The van der Waals surface area contributed by atoms with Gasteiger partial charge in [0, 0.05) is 16.3 Å². The number of amides is 1. The minimum Gasteiger partial charge on any atom is -0.507 e. The summed E-state index contributed by atoms with van der Waals surface area (Å²) in [6, 6.07) is 11.7. The SMILES string of the molecule is O=C(Nc1cccc(Cl)c1)c1ccc(I)c(O)c1. The second-order valence-electron chi connectivity index (χ2n) is 3.63. The van der Waals surface area contributed by atoms with Crippen LogP contribution in [0.25, 0.3) is 0 Å². The van der Waals surface area contributed by atoms with E-state index in [2.05, 4.69) is 5.32 Å². The monoisotopic (exact) mass is 373 g/mol. The van der Waals surface area contributed by atoms with E-state index < -0.39 is 0 Å². The Kier molecular flexibility index (Phi) is 4.08. The standard InChI is InChI=1S/C13H9ClINO2/c14-9-2-1-3-10(7-9)16-13(18)8-4-5-11(15)12(17)6-8/h1-7,17H,(H,16,18). The van der Waals surface area contributed by atoms with Crippen molar-refractivity contribution in [3.8, 4) is 5.75 Å². The third kappa shape index (κ3) is 3.14. The zero-order chi connectivity index (χ0) is 13.1. The van der Waals surface area contributed by atoms with Gasteiger partial charge < -0.3 is 10.4 Å². The molecular formula is C13H9ClINO2. The van der Waals surface area contributed by atoms with Gasteiger partial charge in [0.15, 0.2) is 0 Å². The van der Waals surface area contributed by atoms with Crippen LogP contribution in [0.15, 0.2) is 42.5 Å². The maximum Gasteiger partial charge on any atom is 0.255 e. The van der Waals surface area contributed by atoms with Crippen LogP contribution in [-0.2, 0) is 0 Å². The lowest BCUT2D eigenvalue weighted by atomic mass is 10.2. The predicted molar refractivity (Wildman–Crippen MR) is 80.2 cm³/mol. The Hall–Kier alpha value is -1.27. The summed E-state index contributed by atoms with van der Waals surface area (Å²) in [5.41, 5.74) is 1.01. The largest absolute Gasteiger partial charge is 0.507 e. The molecule has 0 atom stereocenters. The highest BCUT2D eigenvalue weighted by Crippen LogP contribution is 2.21. The van der Waals surface area contributed by atoms with E-state index >= 15 is 0 Å². The van der Waals surface area contributed by atoms with Crippen molar-refractivity contribution in [2.45, 2.75) is 0 Å². The van der Waals surface area contributed by atoms with E-state index in [-0.39, 0.29) is 11.7 Å². The molecule has 2 rings (SSSR count). The summed E-state index contributed by atoms with van der Waals surface area (Å²) in [5.74, 6) is -0.196. The summed E-state index contributed by atoms with van der Waals surface area (Å²) in [7, 11) is 0. The first-order valence-corrected chi connectivity index (χ1v) is 6.57. The summed E-state index contributed by atoms with van der Waals surface area (Å²) < 4.78 is 0.701. The van der Waals surface area contributed by atoms with E-state index in [0.29, 0.717) is 19.8 Å². The third-order valence-electron chi connectivity index (χ3n) is 2.29. The molecule has 0 saturated heterocycles. The van der Waals surface area contributed by atoms with Crippen LogP contribution in [0.4, 0.5) is 5.69 Å². The van der Waals surface area contributed by atoms with Crippen molar-refractivity contribution in [1.29, 1.82) is 0 Å². The van der Waals surface area contributed by atoms with Gasteiger partial charge in [0.25, 0.3) is 5.91 Å². The minimum absolute atomic E-state index is 0.0920. The summed E-state index contributed by atoms with van der Waals surface area (Å²) >= 11 is 7.82. The summed E-state index contributed by atoms with van der Waals surface area (Å²) in [4.78, 5) is 11.9. The topological polar surface area (TPSA) is 49.3 Å². The minimum atomic E-state index is -0.288. The second kappa shape index (κ2) is 5.58. The van der Waals surface area contributed by atoms with E-state index in [1.807, 2.05) is 22.6 Å². The van der Waals surface area contributed by atoms with Crippen molar-refractivity contribution in [1.82, 2.24) is 0 Å². The number of nitrogens with one attached hydrogen (secondary N) is 1. The third-order valence-corrected chi connectivity index (χ3v) is 3.44. The van der Waals surface area contributed by atoms with Crippen LogP contribution in [0.1, 0.15) is 10.4 Å². The van der Waals surface area contributed by atoms with Gasteiger partial charge in [0.2, 0.25) is 0 Å². The molecule has 3 nitrogen and oxygen atoms in total. The molecule has 0 bridgehead atoms. The number of aromatic hydroxyl groups is 1. The molecule has 0 unspecified atom stereocenters. The molecule has 1 amide bonds. The Balaban J connectivity index is 2.19. The first-order chi connectivity index (χ1) is 8.56. The van der Waals surface area contributed by atoms with E-state index in [1.165, 1.54) is 6.07 Å². The van der Waals surface area contributed by atoms with E-state index in [9.17, 15) is 9.90 Å². The maximum absolute atomic E-state index is 11.9. The molecule has 0 heterocycles. The van der Waals surface area contributed by atoms with Crippen molar-refractivity contribution in [3.05, 3.63) is 56.6 Å². The average molecular weight is 374 g/mol. The molecule has 2 aromatic rings. The Morgan fingerprint density at radius 2 is 2.00 bits per heavy atom. The molecule has 18 heavy (non-hydrogen) atoms. The highest BCUT2D eigenvalue weighted by molar-refractivity contribution is 14.1. The van der Waals surface area contributed by atoms with Gasteiger partial charge in [-0.2, -0.15) is 0 Å². The Bertz CT molecular complexity index is 601. The van der Waals surface area contributed by atoms with Gasteiger partial charge in [-0.05, 0) is 59.0 Å². The number of hydrogen-bond acceptors (Lipinski definition) is 2. The lowest BCUT2D eigenvalue weighted by molar-refractivity contribution is 0.102. The molecule has 0 radical (unpaired) electrons. The summed E-state index contributed by atoms with van der Waals surface area (Å²) in [5, 5.41) is 12.8. The second-order valence-corrected chi connectivity index (χ2v) is 5.23. The molecule has 0 aliphatic rings. The fourth-order valence-corrected chi connectivity index (χ4v) is 1.95. The molecule has 2 N–H and O–H groups in total. The molecule has 2 aromatic carbocycles. The first-order valence-electron chi connectivity index (χ1n) is 5.12. The number of halogens is 2. The van der Waals surface area contributed by atoms with Crippen molar-refractivity contribution in [3.63, 3.8) is 0 Å².